The Kier molecular flexibility index (Phi) is 8.79. The van der Waals surface area contributed by atoms with E-state index in [4.69, 9.17) is 10.1 Å². The number of nitrogens with zero attached hydrogens (tertiary/aromatic N) is 1. The average molecular weight is 507 g/mol. The summed E-state index contributed by atoms with van der Waals surface area (Å²) in [5.41, 5.74) is 19.1. The minimum absolute atomic E-state index is 0. The molecule has 0 bridgehead atoms. The van der Waals surface area contributed by atoms with Gasteiger partial charge in [-0.25, -0.2) is 5.73 Å². The van der Waals surface area contributed by atoms with Crippen molar-refractivity contribution in [1.82, 2.24) is 0 Å². The number of allylic oxidation sites excluding steroid dienone is 2. The average Bonchev–Trinajstić information content (AvgIpc) is 3.70. The minimum Gasteiger partial charge on any atom is -0.619 e. The number of hydrogen-bond donors (Lipinski definition) is 0. The molecule has 3 aromatic carbocycles. The standard InChI is InChI=1S/C26H18NOP.C5.Fe/c1-4-11-20(12-5-1)24-19-28-26(27-24)23-17-10-18-25(23)29(21-13-6-2-7-14-21)22-15-8-3-9-16-22;1-2-4-5-3-1;/h1-9,11-16,24H,19H2;;/q2*-1;+2/t24-;;/m0../s1. The van der Waals surface area contributed by atoms with Crippen LogP contribution < -0.4 is 10.6 Å². The fraction of sp³-hybridized carbons (Fsp3) is 0.0645. The quantitative estimate of drug-likeness (QED) is 0.177. The fourth-order valence-electron chi connectivity index (χ4n) is 3.67. The van der Waals surface area contributed by atoms with Gasteiger partial charge in [-0.05, 0) is 24.3 Å². The summed E-state index contributed by atoms with van der Waals surface area (Å²) in [4.78, 5) is 0. The Bertz CT molecular complexity index is 1390. The Morgan fingerprint density at radius 1 is 0.771 bits per heavy atom. The van der Waals surface area contributed by atoms with Gasteiger partial charge in [0, 0.05) is 23.7 Å². The van der Waals surface area contributed by atoms with E-state index in [1.165, 1.54) is 10.6 Å². The second kappa shape index (κ2) is 12.4. The van der Waals surface area contributed by atoms with E-state index >= 15 is 0 Å². The monoisotopic (exact) mass is 507 g/mol. The topological polar surface area (TPSA) is 23.3 Å². The first-order valence-electron chi connectivity index (χ1n) is 10.8. The third-order valence-electron chi connectivity index (χ3n) is 5.22. The first kappa shape index (κ1) is 24.8. The predicted molar refractivity (Wildman–Crippen MR) is 135 cm³/mol. The van der Waals surface area contributed by atoms with Crippen molar-refractivity contribution in [2.45, 2.75) is 6.04 Å². The van der Waals surface area contributed by atoms with Crippen LogP contribution in [0.25, 0.3) is 5.32 Å². The molecule has 0 N–H and O–H groups in total. The maximum atomic E-state index is 6.02. The molecule has 3 aliphatic rings. The van der Waals surface area contributed by atoms with Gasteiger partial charge in [0.25, 0.3) is 0 Å². The van der Waals surface area contributed by atoms with Crippen LogP contribution >= 0.6 is 7.92 Å². The van der Waals surface area contributed by atoms with Gasteiger partial charge in [0.2, 0.25) is 0 Å². The molecule has 1 saturated heterocycles. The van der Waals surface area contributed by atoms with Gasteiger partial charge in [0.15, 0.2) is 0 Å². The molecule has 2 nitrogen and oxygen atoms in total. The molecule has 0 saturated carbocycles. The van der Waals surface area contributed by atoms with Crippen molar-refractivity contribution in [3.05, 3.63) is 166 Å². The maximum absolute atomic E-state index is 6.02. The smallest absolute Gasteiger partial charge is 0.619 e. The Hall–Kier alpha value is -3.31. The third kappa shape index (κ3) is 6.04. The molecule has 2 aliphatic carbocycles. The zero-order valence-corrected chi connectivity index (χ0v) is 20.6. The van der Waals surface area contributed by atoms with Gasteiger partial charge in [-0.2, -0.15) is 0 Å². The zero-order chi connectivity index (χ0) is 23.0. The predicted octanol–water partition coefficient (Wildman–Crippen LogP) is 6.11. The summed E-state index contributed by atoms with van der Waals surface area (Å²) in [6, 6.07) is 31.4. The van der Waals surface area contributed by atoms with Gasteiger partial charge < -0.3 is 10.1 Å². The van der Waals surface area contributed by atoms with Crippen molar-refractivity contribution < 1.29 is 21.8 Å². The van der Waals surface area contributed by atoms with Crippen LogP contribution in [0, 0.1) is 18.4 Å². The van der Waals surface area contributed by atoms with Crippen molar-refractivity contribution in [3.63, 3.8) is 0 Å². The summed E-state index contributed by atoms with van der Waals surface area (Å²) < 4.78 is 6.02. The van der Waals surface area contributed by atoms with Gasteiger partial charge in [0.05, 0.1) is 0 Å². The molecule has 35 heavy (non-hydrogen) atoms. The Morgan fingerprint density at radius 3 is 1.94 bits per heavy atom. The second-order valence-corrected chi connectivity index (χ2v) is 9.55. The molecule has 0 aromatic heterocycles. The minimum atomic E-state index is -0.793. The SMILES string of the molecule is C1=C=C([C]2[N-][C@H](c3ccccc3)CO2)C(P(c2ccccc2)c2ccccc2)=C=1.[C]1=C=C=C=[C-]1.[Fe+2]. The van der Waals surface area contributed by atoms with Gasteiger partial charge >= 0.3 is 17.1 Å². The van der Waals surface area contributed by atoms with Gasteiger partial charge in [0.1, 0.15) is 0 Å². The first-order chi connectivity index (χ1) is 16.9. The third-order valence-corrected chi connectivity index (χ3v) is 7.63. The van der Waals surface area contributed by atoms with Crippen LogP contribution in [0.3, 0.4) is 0 Å². The molecule has 1 fully saturated rings. The number of rotatable bonds is 5. The fourth-order valence-corrected chi connectivity index (χ4v) is 5.97. The van der Waals surface area contributed by atoms with E-state index in [9.17, 15) is 0 Å². The molecule has 0 amide bonds. The maximum Gasteiger partial charge on any atom is 2.00 e. The second-order valence-electron chi connectivity index (χ2n) is 7.40. The Balaban J connectivity index is 0.000000431. The number of benzene rings is 3. The van der Waals surface area contributed by atoms with Crippen LogP contribution in [0.1, 0.15) is 11.6 Å². The Labute approximate surface area is 218 Å². The summed E-state index contributed by atoms with van der Waals surface area (Å²) in [5, 5.41) is 8.45. The van der Waals surface area contributed by atoms with Crippen LogP contribution in [0.5, 0.6) is 0 Å². The number of ether oxygens (including phenoxy) is 1. The molecule has 1 atom stereocenters. The van der Waals surface area contributed by atoms with Crippen molar-refractivity contribution in [2.24, 2.45) is 0 Å². The van der Waals surface area contributed by atoms with E-state index in [-0.39, 0.29) is 23.1 Å². The molecule has 2 radical (unpaired) electrons. The van der Waals surface area contributed by atoms with Crippen LogP contribution in [0.15, 0.2) is 136 Å². The molecule has 3 aromatic rings. The van der Waals surface area contributed by atoms with Crippen LogP contribution in [-0.2, 0) is 21.8 Å². The van der Waals surface area contributed by atoms with Crippen molar-refractivity contribution in [3.8, 4) is 0 Å². The molecule has 166 valence electrons. The van der Waals surface area contributed by atoms with E-state index < -0.39 is 7.92 Å². The van der Waals surface area contributed by atoms with Gasteiger partial charge in [-0.15, -0.1) is 12.2 Å². The molecule has 0 spiro atoms. The summed E-state index contributed by atoms with van der Waals surface area (Å²) in [6.45, 7) is 0.548. The molecule has 4 heteroatoms. The van der Waals surface area contributed by atoms with E-state index in [2.05, 4.69) is 107 Å². The summed E-state index contributed by atoms with van der Waals surface area (Å²) in [7, 11) is -0.793. The van der Waals surface area contributed by atoms with Crippen LogP contribution in [0.2, 0.25) is 0 Å². The van der Waals surface area contributed by atoms with Crippen molar-refractivity contribution >= 4 is 18.5 Å². The van der Waals surface area contributed by atoms with Gasteiger partial charge in [-0.3, -0.25) is 11.5 Å². The van der Waals surface area contributed by atoms with E-state index in [0.29, 0.717) is 12.8 Å². The summed E-state index contributed by atoms with van der Waals surface area (Å²) in [5.74, 6) is 0. The largest absolute Gasteiger partial charge is 2.00 e. The van der Waals surface area contributed by atoms with E-state index in [0.717, 1.165) is 16.5 Å². The van der Waals surface area contributed by atoms with E-state index in [1.807, 2.05) is 30.3 Å². The molecular weight excluding hydrogens is 489 g/mol. The zero-order valence-electron chi connectivity index (χ0n) is 18.6. The number of hydrogen-bond acceptors (Lipinski definition) is 1. The van der Waals surface area contributed by atoms with Crippen molar-refractivity contribution in [2.75, 3.05) is 6.61 Å². The normalized spacial score (nSPS) is 16.8. The molecule has 1 heterocycles. The van der Waals surface area contributed by atoms with Crippen LogP contribution in [-0.4, -0.2) is 6.61 Å². The molecule has 1 aliphatic heterocycles. The Morgan fingerprint density at radius 2 is 1.40 bits per heavy atom. The van der Waals surface area contributed by atoms with Crippen molar-refractivity contribution in [1.29, 1.82) is 0 Å². The van der Waals surface area contributed by atoms with E-state index in [1.54, 1.807) is 0 Å². The summed E-state index contributed by atoms with van der Waals surface area (Å²) >= 11 is 0. The van der Waals surface area contributed by atoms with Gasteiger partial charge in [-0.1, -0.05) is 114 Å². The first-order valence-corrected chi connectivity index (χ1v) is 12.2. The molecular formula is C31H18FeNOP. The molecule has 6 rings (SSSR count). The summed E-state index contributed by atoms with van der Waals surface area (Å²) in [6.07, 6.45) is 5.64. The molecule has 0 unspecified atom stereocenters. The van der Waals surface area contributed by atoms with Crippen LogP contribution in [0.4, 0.5) is 0 Å².